The van der Waals surface area contributed by atoms with Crippen molar-refractivity contribution in [2.75, 3.05) is 6.54 Å². The predicted octanol–water partition coefficient (Wildman–Crippen LogP) is -0.524. The lowest BCUT2D eigenvalue weighted by Crippen LogP contribution is -2.50. The number of carboxylic acid groups (broad SMARTS) is 1. The summed E-state index contributed by atoms with van der Waals surface area (Å²) in [5.74, 6) is -3.21. The number of likely N-dealkylation sites (tertiary alicyclic amines) is 1. The number of amides is 3. The number of hydrogen-bond acceptors (Lipinski definition) is 8. The van der Waals surface area contributed by atoms with Gasteiger partial charge in [0.15, 0.2) is 0 Å². The first-order valence-electron chi connectivity index (χ1n) is 14.8. The Kier molecular flexibility index (Phi) is 8.91. The van der Waals surface area contributed by atoms with E-state index in [9.17, 15) is 38.7 Å². The fraction of sp³-hybridized carbons (Fsp3) is 0.290. The number of carboxylic acids is 1. The zero-order valence-corrected chi connectivity index (χ0v) is 24.5. The molecule has 3 aromatic carbocycles. The molecule has 236 valence electrons. The van der Waals surface area contributed by atoms with Gasteiger partial charge in [-0.05, 0) is 76.9 Å². The third kappa shape index (κ3) is 6.67. The molecule has 0 aromatic heterocycles. The van der Waals surface area contributed by atoms with Crippen LogP contribution in [0.25, 0.3) is 0 Å². The molecule has 0 spiro atoms. The summed E-state index contributed by atoms with van der Waals surface area (Å²) in [6.45, 7) is 0.389. The standard InChI is InChI=1S/C31H30B2FN3O9/c34-22-7-1-17(2-8-22)9-23(13-28(38)39)35-30(41)27-12-24(36-29(40)18-3-5-20-15-45-32(43)25(20)10-18)14-37(27)31(42)19-4-6-21-16-46-33(44)26(21)11-19/h1-8,10-11,23-24,27,43-44H,9,12-16H2,(H,35,41)(H,36,40)(H,38,39)/t23-,24?,27-/m0/s1. The van der Waals surface area contributed by atoms with E-state index in [1.807, 2.05) is 0 Å². The van der Waals surface area contributed by atoms with Crippen LogP contribution in [0, 0.1) is 5.82 Å². The van der Waals surface area contributed by atoms with Gasteiger partial charge in [0, 0.05) is 29.8 Å². The smallest absolute Gasteiger partial charge is 0.481 e. The molecule has 0 saturated carbocycles. The first-order chi connectivity index (χ1) is 22.0. The van der Waals surface area contributed by atoms with Gasteiger partial charge in [-0.25, -0.2) is 4.39 Å². The molecule has 5 N–H and O–H groups in total. The maximum atomic E-state index is 13.9. The summed E-state index contributed by atoms with van der Waals surface area (Å²) in [4.78, 5) is 53.8. The number of hydrogen-bond donors (Lipinski definition) is 5. The van der Waals surface area contributed by atoms with Gasteiger partial charge >= 0.3 is 20.2 Å². The minimum atomic E-state index is -1.19. The van der Waals surface area contributed by atoms with E-state index in [2.05, 4.69) is 10.6 Å². The Morgan fingerprint density at radius 2 is 1.52 bits per heavy atom. The molecule has 3 heterocycles. The van der Waals surface area contributed by atoms with Crippen molar-refractivity contribution in [3.63, 3.8) is 0 Å². The van der Waals surface area contributed by atoms with E-state index >= 15 is 0 Å². The number of nitrogens with one attached hydrogen (secondary N) is 2. The second-order valence-electron chi connectivity index (χ2n) is 11.7. The predicted molar refractivity (Wildman–Crippen MR) is 163 cm³/mol. The highest BCUT2D eigenvalue weighted by Crippen LogP contribution is 2.24. The van der Waals surface area contributed by atoms with Crippen LogP contribution in [0.15, 0.2) is 60.7 Å². The van der Waals surface area contributed by atoms with Gasteiger partial charge in [-0.2, -0.15) is 0 Å². The first-order valence-corrected chi connectivity index (χ1v) is 14.8. The summed E-state index contributed by atoms with van der Waals surface area (Å²) in [5.41, 5.74) is 3.51. The largest absolute Gasteiger partial charge is 0.491 e. The van der Waals surface area contributed by atoms with Crippen LogP contribution in [-0.2, 0) is 38.5 Å². The van der Waals surface area contributed by atoms with Crippen molar-refractivity contribution in [3.05, 3.63) is 94.3 Å². The molecule has 3 amide bonds. The number of fused-ring (bicyclic) bond motifs is 2. The van der Waals surface area contributed by atoms with E-state index in [0.29, 0.717) is 16.5 Å². The average Bonchev–Trinajstić information content (AvgIpc) is 3.74. The Morgan fingerprint density at radius 1 is 0.913 bits per heavy atom. The van der Waals surface area contributed by atoms with E-state index < -0.39 is 68.3 Å². The van der Waals surface area contributed by atoms with Gasteiger partial charge in [-0.3, -0.25) is 19.2 Å². The molecular weight excluding hydrogens is 599 g/mol. The molecule has 1 unspecified atom stereocenters. The molecule has 3 aliphatic heterocycles. The van der Waals surface area contributed by atoms with Crippen molar-refractivity contribution >= 4 is 48.9 Å². The monoisotopic (exact) mass is 629 g/mol. The molecule has 0 radical (unpaired) electrons. The van der Waals surface area contributed by atoms with Crippen LogP contribution in [0.5, 0.6) is 0 Å². The zero-order valence-electron chi connectivity index (χ0n) is 24.5. The molecule has 3 atom stereocenters. The third-order valence-electron chi connectivity index (χ3n) is 8.49. The SMILES string of the molecule is O=C(O)C[C@H](Cc1ccc(F)cc1)NC(=O)[C@@H]1CC(NC(=O)c2ccc3c(c2)B(O)OC3)CN1C(=O)c1ccc2c(c1)B(O)OC2. The lowest BCUT2D eigenvalue weighted by Gasteiger charge is -2.26. The number of benzene rings is 3. The second kappa shape index (κ2) is 13.0. The van der Waals surface area contributed by atoms with Gasteiger partial charge in [-0.1, -0.05) is 24.3 Å². The lowest BCUT2D eigenvalue weighted by atomic mass is 9.78. The second-order valence-corrected chi connectivity index (χ2v) is 11.7. The van der Waals surface area contributed by atoms with E-state index in [1.54, 1.807) is 24.3 Å². The van der Waals surface area contributed by atoms with Crippen molar-refractivity contribution in [2.24, 2.45) is 0 Å². The maximum Gasteiger partial charge on any atom is 0.491 e. The summed E-state index contributed by atoms with van der Waals surface area (Å²) < 4.78 is 23.9. The molecule has 0 aliphatic carbocycles. The molecule has 0 bridgehead atoms. The fourth-order valence-corrected chi connectivity index (χ4v) is 6.14. The number of carbonyl (C=O) groups is 4. The number of aliphatic carboxylic acids is 1. The van der Waals surface area contributed by atoms with Gasteiger partial charge in [0.05, 0.1) is 19.6 Å². The van der Waals surface area contributed by atoms with Crippen LogP contribution < -0.4 is 21.6 Å². The van der Waals surface area contributed by atoms with Crippen molar-refractivity contribution < 1.29 is 48.0 Å². The number of halogens is 1. The van der Waals surface area contributed by atoms with Crippen molar-refractivity contribution in [2.45, 2.75) is 50.6 Å². The summed E-state index contributed by atoms with van der Waals surface area (Å²) >= 11 is 0. The van der Waals surface area contributed by atoms with Crippen LogP contribution in [0.3, 0.4) is 0 Å². The first kappa shape index (κ1) is 31.4. The third-order valence-corrected chi connectivity index (χ3v) is 8.49. The topological polar surface area (TPSA) is 175 Å². The van der Waals surface area contributed by atoms with Gasteiger partial charge in [0.25, 0.3) is 11.8 Å². The number of carbonyl (C=O) groups excluding carboxylic acids is 3. The van der Waals surface area contributed by atoms with Crippen LogP contribution in [-0.4, -0.2) is 82.7 Å². The Bertz CT molecular complexity index is 1690. The molecule has 6 rings (SSSR count). The van der Waals surface area contributed by atoms with Crippen LogP contribution in [0.4, 0.5) is 4.39 Å². The van der Waals surface area contributed by atoms with E-state index in [-0.39, 0.29) is 43.7 Å². The Hall–Kier alpha value is -4.56. The number of nitrogens with zero attached hydrogens (tertiary/aromatic N) is 1. The molecule has 1 fully saturated rings. The van der Waals surface area contributed by atoms with Crippen LogP contribution in [0.2, 0.25) is 0 Å². The van der Waals surface area contributed by atoms with Gasteiger partial charge < -0.3 is 40.0 Å². The highest BCUT2D eigenvalue weighted by atomic mass is 19.1. The normalized spacial score (nSPS) is 19.1. The lowest BCUT2D eigenvalue weighted by molar-refractivity contribution is -0.137. The Balaban J connectivity index is 1.23. The minimum Gasteiger partial charge on any atom is -0.481 e. The highest BCUT2D eigenvalue weighted by Gasteiger charge is 2.42. The average molecular weight is 629 g/mol. The molecule has 15 heteroatoms. The Labute approximate surface area is 263 Å². The quantitative estimate of drug-likeness (QED) is 0.195. The summed E-state index contributed by atoms with van der Waals surface area (Å²) in [6.07, 6.45) is -0.274. The number of rotatable bonds is 9. The van der Waals surface area contributed by atoms with Gasteiger partial charge in [-0.15, -0.1) is 0 Å². The molecule has 12 nitrogen and oxygen atoms in total. The summed E-state index contributed by atoms with van der Waals surface area (Å²) in [5, 5.41) is 35.4. The minimum absolute atomic E-state index is 0.0307. The molecule has 46 heavy (non-hydrogen) atoms. The molecule has 3 aliphatic rings. The van der Waals surface area contributed by atoms with E-state index in [4.69, 9.17) is 9.31 Å². The van der Waals surface area contributed by atoms with Crippen LogP contribution in [0.1, 0.15) is 50.2 Å². The summed E-state index contributed by atoms with van der Waals surface area (Å²) in [6, 6.07) is 12.5. The molecule has 1 saturated heterocycles. The Morgan fingerprint density at radius 3 is 2.15 bits per heavy atom. The fourth-order valence-electron chi connectivity index (χ4n) is 6.14. The summed E-state index contributed by atoms with van der Waals surface area (Å²) in [7, 11) is -2.33. The van der Waals surface area contributed by atoms with Crippen molar-refractivity contribution in [3.8, 4) is 0 Å². The van der Waals surface area contributed by atoms with Crippen molar-refractivity contribution in [1.29, 1.82) is 0 Å². The van der Waals surface area contributed by atoms with Gasteiger partial charge in [0.1, 0.15) is 11.9 Å². The van der Waals surface area contributed by atoms with Crippen molar-refractivity contribution in [1.82, 2.24) is 15.5 Å². The van der Waals surface area contributed by atoms with E-state index in [1.165, 1.54) is 41.3 Å². The highest BCUT2D eigenvalue weighted by molar-refractivity contribution is 6.62. The molecular formula is C31H30B2FN3O9. The maximum absolute atomic E-state index is 13.9. The van der Waals surface area contributed by atoms with Crippen LogP contribution >= 0.6 is 0 Å². The van der Waals surface area contributed by atoms with E-state index in [0.717, 1.165) is 11.1 Å². The zero-order chi connectivity index (χ0) is 32.5. The van der Waals surface area contributed by atoms with Gasteiger partial charge in [0.2, 0.25) is 5.91 Å². The molecule has 3 aromatic rings.